The number of anilines is 1. The van der Waals surface area contributed by atoms with Crippen molar-refractivity contribution in [3.63, 3.8) is 0 Å². The number of aryl methyl sites for hydroxylation is 1. The van der Waals surface area contributed by atoms with Gasteiger partial charge in [-0.2, -0.15) is 0 Å². The van der Waals surface area contributed by atoms with Gasteiger partial charge in [0.15, 0.2) is 0 Å². The van der Waals surface area contributed by atoms with Crippen LogP contribution in [0, 0.1) is 6.92 Å². The molecular formula is C26H29N5O2. The molecule has 4 rings (SSSR count). The standard InChI is InChI=1S/C26H29N5O2/c1-20-2-8-24(9-3-20)29-26(28-18-21-10-12-27-13-11-21)30-25(32)23-6-4-22(5-7-23)19-31-14-16-33-17-15-31/h2-13H,14-19H2,1H3,(H2,28,29,30,32). The van der Waals surface area contributed by atoms with Gasteiger partial charge in [-0.3, -0.25) is 20.0 Å². The number of carbonyl (C=O) groups is 1. The maximum absolute atomic E-state index is 12.9. The van der Waals surface area contributed by atoms with E-state index in [1.165, 1.54) is 5.56 Å². The molecule has 0 spiro atoms. The summed E-state index contributed by atoms with van der Waals surface area (Å²) >= 11 is 0. The molecule has 0 unspecified atom stereocenters. The summed E-state index contributed by atoms with van der Waals surface area (Å²) in [4.78, 5) is 23.9. The van der Waals surface area contributed by atoms with E-state index in [0.717, 1.165) is 49.7 Å². The van der Waals surface area contributed by atoms with Crippen LogP contribution in [0.15, 0.2) is 78.0 Å². The third-order valence-corrected chi connectivity index (χ3v) is 5.44. The van der Waals surface area contributed by atoms with Crippen LogP contribution in [0.3, 0.4) is 0 Å². The highest BCUT2D eigenvalue weighted by atomic mass is 16.5. The van der Waals surface area contributed by atoms with Crippen LogP contribution in [0.4, 0.5) is 5.69 Å². The van der Waals surface area contributed by atoms with Crippen LogP contribution >= 0.6 is 0 Å². The number of guanidine groups is 1. The smallest absolute Gasteiger partial charge is 0.257 e. The summed E-state index contributed by atoms with van der Waals surface area (Å²) in [6.07, 6.45) is 3.46. The van der Waals surface area contributed by atoms with Gasteiger partial charge in [0, 0.05) is 43.3 Å². The molecule has 0 aliphatic carbocycles. The highest BCUT2D eigenvalue weighted by Gasteiger charge is 2.13. The summed E-state index contributed by atoms with van der Waals surface area (Å²) < 4.78 is 5.41. The van der Waals surface area contributed by atoms with Gasteiger partial charge in [-0.05, 0) is 54.4 Å². The van der Waals surface area contributed by atoms with Gasteiger partial charge in [0.05, 0.1) is 19.8 Å². The Labute approximate surface area is 194 Å². The first-order valence-electron chi connectivity index (χ1n) is 11.1. The van der Waals surface area contributed by atoms with Crippen molar-refractivity contribution < 1.29 is 9.53 Å². The fourth-order valence-corrected chi connectivity index (χ4v) is 3.50. The largest absolute Gasteiger partial charge is 0.379 e. The topological polar surface area (TPSA) is 78.8 Å². The molecule has 1 amide bonds. The molecule has 7 heteroatoms. The van der Waals surface area contributed by atoms with E-state index in [1.54, 1.807) is 12.4 Å². The van der Waals surface area contributed by atoms with E-state index >= 15 is 0 Å². The average molecular weight is 444 g/mol. The van der Waals surface area contributed by atoms with Gasteiger partial charge < -0.3 is 10.1 Å². The lowest BCUT2D eigenvalue weighted by Crippen LogP contribution is -2.36. The van der Waals surface area contributed by atoms with Crippen molar-refractivity contribution in [1.29, 1.82) is 0 Å². The predicted octanol–water partition coefficient (Wildman–Crippen LogP) is 3.62. The Bertz CT molecular complexity index is 1060. The zero-order chi connectivity index (χ0) is 22.9. The molecule has 1 fully saturated rings. The van der Waals surface area contributed by atoms with Gasteiger partial charge in [0.25, 0.3) is 5.91 Å². The maximum Gasteiger partial charge on any atom is 0.257 e. The Kier molecular flexibility index (Phi) is 7.79. The van der Waals surface area contributed by atoms with E-state index in [1.807, 2.05) is 67.6 Å². The number of benzene rings is 2. The molecule has 1 aromatic heterocycles. The Morgan fingerprint density at radius 2 is 1.67 bits per heavy atom. The summed E-state index contributed by atoms with van der Waals surface area (Å²) in [6.45, 7) is 6.74. The number of aliphatic imine (C=N–C) groups is 1. The van der Waals surface area contributed by atoms with Gasteiger partial charge in [-0.25, -0.2) is 4.99 Å². The minimum atomic E-state index is -0.207. The zero-order valence-corrected chi connectivity index (χ0v) is 18.8. The molecule has 2 N–H and O–H groups in total. The minimum Gasteiger partial charge on any atom is -0.379 e. The van der Waals surface area contributed by atoms with Gasteiger partial charge >= 0.3 is 0 Å². The molecule has 1 aliphatic heterocycles. The van der Waals surface area contributed by atoms with Crippen LogP contribution in [0.1, 0.15) is 27.0 Å². The van der Waals surface area contributed by atoms with Gasteiger partial charge in [-0.1, -0.05) is 29.8 Å². The quantitative estimate of drug-likeness (QED) is 0.449. The number of nitrogens with one attached hydrogen (secondary N) is 2. The zero-order valence-electron chi connectivity index (χ0n) is 18.8. The Balaban J connectivity index is 1.43. The number of nitrogens with zero attached hydrogens (tertiary/aromatic N) is 3. The first-order chi connectivity index (χ1) is 16.2. The molecule has 2 aromatic carbocycles. The fourth-order valence-electron chi connectivity index (χ4n) is 3.50. The lowest BCUT2D eigenvalue weighted by atomic mass is 10.1. The lowest BCUT2D eigenvalue weighted by molar-refractivity contribution is 0.0342. The minimum absolute atomic E-state index is 0.207. The highest BCUT2D eigenvalue weighted by Crippen LogP contribution is 2.11. The van der Waals surface area contributed by atoms with Crippen molar-refractivity contribution in [2.75, 3.05) is 31.6 Å². The van der Waals surface area contributed by atoms with E-state index in [4.69, 9.17) is 4.74 Å². The van der Waals surface area contributed by atoms with Crippen molar-refractivity contribution in [1.82, 2.24) is 15.2 Å². The van der Waals surface area contributed by atoms with Crippen molar-refractivity contribution >= 4 is 17.6 Å². The molecule has 2 heterocycles. The molecular weight excluding hydrogens is 414 g/mol. The van der Waals surface area contributed by atoms with Crippen LogP contribution in [0.5, 0.6) is 0 Å². The Morgan fingerprint density at radius 1 is 0.970 bits per heavy atom. The molecule has 7 nitrogen and oxygen atoms in total. The van der Waals surface area contributed by atoms with Gasteiger partial charge in [0.2, 0.25) is 5.96 Å². The Morgan fingerprint density at radius 3 is 2.36 bits per heavy atom. The summed E-state index contributed by atoms with van der Waals surface area (Å²) in [6, 6.07) is 19.5. The van der Waals surface area contributed by atoms with Crippen LogP contribution in [-0.2, 0) is 17.8 Å². The van der Waals surface area contributed by atoms with Gasteiger partial charge in [-0.15, -0.1) is 0 Å². The monoisotopic (exact) mass is 443 g/mol. The average Bonchev–Trinajstić information content (AvgIpc) is 2.85. The number of carbonyl (C=O) groups excluding carboxylic acids is 1. The fraction of sp³-hybridized carbons (Fsp3) is 0.269. The SMILES string of the molecule is Cc1ccc(NC(=NCc2ccncc2)NC(=O)c2ccc(CN3CCOCC3)cc2)cc1. The predicted molar refractivity (Wildman–Crippen MR) is 130 cm³/mol. The van der Waals surface area contributed by atoms with E-state index < -0.39 is 0 Å². The number of morpholine rings is 1. The summed E-state index contributed by atoms with van der Waals surface area (Å²) in [5, 5.41) is 6.15. The van der Waals surface area contributed by atoms with Crippen LogP contribution in [0.2, 0.25) is 0 Å². The molecule has 3 aromatic rings. The number of hydrogen-bond donors (Lipinski definition) is 2. The van der Waals surface area contributed by atoms with E-state index in [9.17, 15) is 4.79 Å². The summed E-state index contributed by atoms with van der Waals surface area (Å²) in [5.41, 5.74) is 4.79. The third kappa shape index (κ3) is 6.97. The Hall–Kier alpha value is -3.55. The molecule has 33 heavy (non-hydrogen) atoms. The molecule has 170 valence electrons. The lowest BCUT2D eigenvalue weighted by Gasteiger charge is -2.26. The maximum atomic E-state index is 12.9. The molecule has 0 saturated carbocycles. The van der Waals surface area contributed by atoms with Crippen LogP contribution in [0.25, 0.3) is 0 Å². The van der Waals surface area contributed by atoms with Crippen molar-refractivity contribution in [2.24, 2.45) is 4.99 Å². The second-order valence-electron chi connectivity index (χ2n) is 8.05. The van der Waals surface area contributed by atoms with Crippen molar-refractivity contribution in [3.05, 3.63) is 95.3 Å². The number of aromatic nitrogens is 1. The first kappa shape index (κ1) is 22.6. The highest BCUT2D eigenvalue weighted by molar-refractivity contribution is 6.09. The third-order valence-electron chi connectivity index (χ3n) is 5.44. The number of amides is 1. The number of pyridine rings is 1. The molecule has 1 saturated heterocycles. The van der Waals surface area contributed by atoms with Crippen molar-refractivity contribution in [3.8, 4) is 0 Å². The van der Waals surface area contributed by atoms with Crippen LogP contribution < -0.4 is 10.6 Å². The van der Waals surface area contributed by atoms with Crippen LogP contribution in [-0.4, -0.2) is 48.1 Å². The first-order valence-corrected chi connectivity index (χ1v) is 11.1. The summed E-state index contributed by atoms with van der Waals surface area (Å²) in [7, 11) is 0. The molecule has 0 radical (unpaired) electrons. The van der Waals surface area contributed by atoms with Crippen molar-refractivity contribution in [2.45, 2.75) is 20.0 Å². The van der Waals surface area contributed by atoms with Gasteiger partial charge in [0.1, 0.15) is 0 Å². The molecule has 1 aliphatic rings. The van der Waals surface area contributed by atoms with E-state index in [-0.39, 0.29) is 5.91 Å². The van der Waals surface area contributed by atoms with E-state index in [2.05, 4.69) is 25.5 Å². The normalized spacial score (nSPS) is 14.6. The molecule has 0 atom stereocenters. The molecule has 0 bridgehead atoms. The number of rotatable bonds is 6. The number of ether oxygens (including phenoxy) is 1. The number of hydrogen-bond acceptors (Lipinski definition) is 5. The second kappa shape index (κ2) is 11.4. The van der Waals surface area contributed by atoms with E-state index in [0.29, 0.717) is 18.1 Å². The summed E-state index contributed by atoms with van der Waals surface area (Å²) in [5.74, 6) is 0.194. The second-order valence-corrected chi connectivity index (χ2v) is 8.05.